The van der Waals surface area contributed by atoms with Gasteiger partial charge in [-0.05, 0) is 56.6 Å². The van der Waals surface area contributed by atoms with E-state index in [1.165, 1.54) is 16.6 Å². The Morgan fingerprint density at radius 3 is 2.54 bits per heavy atom. The number of nitrogens with one attached hydrogen (secondary N) is 2. The lowest BCUT2D eigenvalue weighted by molar-refractivity contribution is 0.355. The molecule has 26 heavy (non-hydrogen) atoms. The van der Waals surface area contributed by atoms with Crippen molar-refractivity contribution in [2.75, 3.05) is 27.3 Å². The van der Waals surface area contributed by atoms with Crippen LogP contribution in [0, 0.1) is 6.92 Å². The van der Waals surface area contributed by atoms with E-state index in [-0.39, 0.29) is 0 Å². The zero-order chi connectivity index (χ0) is 18.1. The maximum Gasteiger partial charge on any atom is 0.161 e. The molecular formula is C21H25N3O2. The first-order valence-corrected chi connectivity index (χ1v) is 9.12. The molecule has 5 nitrogen and oxygen atoms in total. The van der Waals surface area contributed by atoms with Gasteiger partial charge in [-0.15, -0.1) is 0 Å². The van der Waals surface area contributed by atoms with Crippen molar-refractivity contribution in [1.82, 2.24) is 15.3 Å². The number of piperidine rings is 1. The van der Waals surface area contributed by atoms with Crippen LogP contribution < -0.4 is 14.8 Å². The minimum Gasteiger partial charge on any atom is -0.493 e. The van der Waals surface area contributed by atoms with Gasteiger partial charge >= 0.3 is 0 Å². The second kappa shape index (κ2) is 7.00. The van der Waals surface area contributed by atoms with E-state index in [0.717, 1.165) is 54.2 Å². The molecule has 1 fully saturated rings. The van der Waals surface area contributed by atoms with Crippen molar-refractivity contribution in [3.63, 3.8) is 0 Å². The molecule has 1 aromatic carbocycles. The topological polar surface area (TPSA) is 59.2 Å². The van der Waals surface area contributed by atoms with Crippen molar-refractivity contribution in [3.05, 3.63) is 41.9 Å². The third-order valence-corrected chi connectivity index (χ3v) is 5.32. The van der Waals surface area contributed by atoms with Crippen molar-refractivity contribution < 1.29 is 9.47 Å². The van der Waals surface area contributed by atoms with E-state index in [1.54, 1.807) is 14.2 Å². The van der Waals surface area contributed by atoms with Gasteiger partial charge in [0.15, 0.2) is 11.5 Å². The number of hydrogen-bond acceptors (Lipinski definition) is 4. The summed E-state index contributed by atoms with van der Waals surface area (Å²) in [5.41, 5.74) is 5.73. The molecule has 0 aliphatic carbocycles. The predicted octanol–water partition coefficient (Wildman–Crippen LogP) is 4.02. The molecule has 0 spiro atoms. The van der Waals surface area contributed by atoms with Gasteiger partial charge in [-0.3, -0.25) is 4.98 Å². The van der Waals surface area contributed by atoms with Gasteiger partial charge in [0.25, 0.3) is 0 Å². The molecule has 3 aromatic rings. The van der Waals surface area contributed by atoms with Crippen molar-refractivity contribution in [1.29, 1.82) is 0 Å². The molecule has 1 aliphatic rings. The van der Waals surface area contributed by atoms with Crippen LogP contribution in [0.1, 0.15) is 30.1 Å². The van der Waals surface area contributed by atoms with Crippen LogP contribution in [0.15, 0.2) is 30.5 Å². The second-order valence-electron chi connectivity index (χ2n) is 6.87. The predicted molar refractivity (Wildman–Crippen MR) is 104 cm³/mol. The highest BCUT2D eigenvalue weighted by Gasteiger charge is 2.19. The molecule has 0 unspecified atom stereocenters. The number of hydrogen-bond donors (Lipinski definition) is 2. The van der Waals surface area contributed by atoms with Crippen molar-refractivity contribution in [2.24, 2.45) is 0 Å². The zero-order valence-corrected chi connectivity index (χ0v) is 15.6. The quantitative estimate of drug-likeness (QED) is 0.745. The van der Waals surface area contributed by atoms with Gasteiger partial charge in [-0.25, -0.2) is 0 Å². The highest BCUT2D eigenvalue weighted by molar-refractivity contribution is 5.97. The van der Waals surface area contributed by atoms with Gasteiger partial charge in [0.1, 0.15) is 0 Å². The first kappa shape index (κ1) is 16.9. The molecular weight excluding hydrogens is 326 g/mol. The summed E-state index contributed by atoms with van der Waals surface area (Å²) in [5, 5.41) is 4.65. The molecule has 1 aliphatic heterocycles. The Labute approximate surface area is 153 Å². The first-order valence-electron chi connectivity index (χ1n) is 9.12. The molecule has 0 radical (unpaired) electrons. The number of rotatable bonds is 4. The monoisotopic (exact) mass is 351 g/mol. The van der Waals surface area contributed by atoms with Crippen LogP contribution in [0.25, 0.3) is 22.0 Å². The van der Waals surface area contributed by atoms with E-state index >= 15 is 0 Å². The fourth-order valence-electron chi connectivity index (χ4n) is 3.95. The van der Waals surface area contributed by atoms with Gasteiger partial charge in [0.2, 0.25) is 0 Å². The summed E-state index contributed by atoms with van der Waals surface area (Å²) < 4.78 is 10.9. The first-order chi connectivity index (χ1) is 12.7. The number of nitrogens with zero attached hydrogens (tertiary/aromatic N) is 1. The summed E-state index contributed by atoms with van der Waals surface area (Å²) >= 11 is 0. The van der Waals surface area contributed by atoms with E-state index in [0.29, 0.717) is 5.92 Å². The Bertz CT molecular complexity index is 926. The van der Waals surface area contributed by atoms with Gasteiger partial charge in [-0.1, -0.05) is 6.07 Å². The van der Waals surface area contributed by atoms with E-state index in [4.69, 9.17) is 14.5 Å². The molecule has 3 heterocycles. The smallest absolute Gasteiger partial charge is 0.161 e. The minimum absolute atomic E-state index is 0.536. The standard InChI is InChI=1S/C21H25N3O2/c1-13-21(15-4-5-19(25-2)20(10-15)26-3)16-11-17(23-12-18(16)24-13)14-6-8-22-9-7-14/h4-5,10-12,14,22,24H,6-9H2,1-3H3. The molecule has 4 rings (SSSR count). The highest BCUT2D eigenvalue weighted by atomic mass is 16.5. The average molecular weight is 351 g/mol. The van der Waals surface area contributed by atoms with Gasteiger partial charge in [0, 0.05) is 28.3 Å². The number of aromatic nitrogens is 2. The van der Waals surface area contributed by atoms with Crippen LogP contribution in [0.5, 0.6) is 11.5 Å². The summed E-state index contributed by atoms with van der Waals surface area (Å²) in [6.45, 7) is 4.24. The number of ether oxygens (including phenoxy) is 2. The van der Waals surface area contributed by atoms with Crippen LogP contribution in [0.2, 0.25) is 0 Å². The molecule has 136 valence electrons. The van der Waals surface area contributed by atoms with Gasteiger partial charge in [0.05, 0.1) is 25.9 Å². The fraction of sp³-hybridized carbons (Fsp3) is 0.381. The minimum atomic E-state index is 0.536. The summed E-state index contributed by atoms with van der Waals surface area (Å²) in [6.07, 6.45) is 4.27. The van der Waals surface area contributed by atoms with E-state index in [1.807, 2.05) is 18.3 Å². The lowest BCUT2D eigenvalue weighted by atomic mass is 9.92. The Hall–Kier alpha value is -2.53. The number of H-pyrrole nitrogens is 1. The number of fused-ring (bicyclic) bond motifs is 1. The summed E-state index contributed by atoms with van der Waals surface area (Å²) in [6, 6.07) is 8.35. The number of aryl methyl sites for hydroxylation is 1. The lowest BCUT2D eigenvalue weighted by Crippen LogP contribution is -2.27. The molecule has 2 aromatic heterocycles. The molecule has 0 saturated carbocycles. The fourth-order valence-corrected chi connectivity index (χ4v) is 3.95. The maximum absolute atomic E-state index is 5.49. The Morgan fingerprint density at radius 1 is 1.04 bits per heavy atom. The van der Waals surface area contributed by atoms with Crippen LogP contribution in [-0.2, 0) is 0 Å². The molecule has 0 bridgehead atoms. The number of pyridine rings is 1. The Kier molecular flexibility index (Phi) is 4.55. The summed E-state index contributed by atoms with van der Waals surface area (Å²) in [7, 11) is 3.33. The molecule has 0 amide bonds. The van der Waals surface area contributed by atoms with Gasteiger partial charge < -0.3 is 19.8 Å². The normalized spacial score (nSPS) is 15.3. The zero-order valence-electron chi connectivity index (χ0n) is 15.6. The molecule has 5 heteroatoms. The highest BCUT2D eigenvalue weighted by Crippen LogP contribution is 2.38. The van der Waals surface area contributed by atoms with Gasteiger partial charge in [-0.2, -0.15) is 0 Å². The third kappa shape index (κ3) is 2.92. The van der Waals surface area contributed by atoms with E-state index < -0.39 is 0 Å². The molecule has 2 N–H and O–H groups in total. The third-order valence-electron chi connectivity index (χ3n) is 5.32. The van der Waals surface area contributed by atoms with E-state index in [9.17, 15) is 0 Å². The molecule has 1 saturated heterocycles. The SMILES string of the molecule is COc1ccc(-c2c(C)[nH]c3cnc(C4CCNCC4)cc23)cc1OC. The van der Waals surface area contributed by atoms with Crippen LogP contribution >= 0.6 is 0 Å². The number of benzene rings is 1. The Morgan fingerprint density at radius 2 is 1.81 bits per heavy atom. The largest absolute Gasteiger partial charge is 0.493 e. The number of methoxy groups -OCH3 is 2. The second-order valence-corrected chi connectivity index (χ2v) is 6.87. The number of aromatic amines is 1. The van der Waals surface area contributed by atoms with Crippen molar-refractivity contribution in [3.8, 4) is 22.6 Å². The van der Waals surface area contributed by atoms with Crippen LogP contribution in [0.4, 0.5) is 0 Å². The lowest BCUT2D eigenvalue weighted by Gasteiger charge is -2.22. The Balaban J connectivity index is 1.82. The average Bonchev–Trinajstić information content (AvgIpc) is 3.03. The summed E-state index contributed by atoms with van der Waals surface area (Å²) in [4.78, 5) is 8.21. The van der Waals surface area contributed by atoms with E-state index in [2.05, 4.69) is 29.4 Å². The van der Waals surface area contributed by atoms with Crippen molar-refractivity contribution >= 4 is 10.9 Å². The molecule has 0 atom stereocenters. The maximum atomic E-state index is 5.49. The van der Waals surface area contributed by atoms with Crippen LogP contribution in [0.3, 0.4) is 0 Å². The van der Waals surface area contributed by atoms with Crippen LogP contribution in [-0.4, -0.2) is 37.3 Å². The van der Waals surface area contributed by atoms with Crippen molar-refractivity contribution in [2.45, 2.75) is 25.7 Å². The summed E-state index contributed by atoms with van der Waals surface area (Å²) in [5.74, 6) is 2.02.